The van der Waals surface area contributed by atoms with Gasteiger partial charge >= 0.3 is 6.18 Å². The number of hydrogen-bond donors (Lipinski definition) is 0. The predicted molar refractivity (Wildman–Crippen MR) is 82.7 cm³/mol. The Bertz CT molecular complexity index is 847. The van der Waals surface area contributed by atoms with Gasteiger partial charge in [0.15, 0.2) is 5.69 Å². The zero-order chi connectivity index (χ0) is 18.2. The van der Waals surface area contributed by atoms with Crippen LogP contribution < -0.4 is 0 Å². The predicted octanol–water partition coefficient (Wildman–Crippen LogP) is 3.19. The SMILES string of the molecule is Cc1c(C(F)(F)F)nn(-c2ccc(CN3CCCC3=O)cc2)c1C#N. The molecule has 3 rings (SSSR count). The Hall–Kier alpha value is -2.82. The molecule has 0 saturated carbocycles. The van der Waals surface area contributed by atoms with Crippen LogP contribution in [0.2, 0.25) is 0 Å². The van der Waals surface area contributed by atoms with Crippen molar-refractivity contribution in [3.8, 4) is 11.8 Å². The van der Waals surface area contributed by atoms with Crippen LogP contribution in [0.4, 0.5) is 13.2 Å². The molecule has 1 amide bonds. The smallest absolute Gasteiger partial charge is 0.338 e. The summed E-state index contributed by atoms with van der Waals surface area (Å²) in [6, 6.07) is 8.44. The van der Waals surface area contributed by atoms with E-state index in [9.17, 15) is 23.2 Å². The topological polar surface area (TPSA) is 61.9 Å². The van der Waals surface area contributed by atoms with E-state index in [0.717, 1.165) is 16.7 Å². The number of aromatic nitrogens is 2. The Morgan fingerprint density at radius 2 is 1.96 bits per heavy atom. The summed E-state index contributed by atoms with van der Waals surface area (Å²) in [5.74, 6) is 0.105. The normalized spacial score (nSPS) is 14.8. The molecule has 1 aromatic carbocycles. The monoisotopic (exact) mass is 348 g/mol. The number of nitrogens with zero attached hydrogens (tertiary/aromatic N) is 4. The number of carbonyl (C=O) groups excluding carboxylic acids is 1. The molecule has 25 heavy (non-hydrogen) atoms. The quantitative estimate of drug-likeness (QED) is 0.856. The fraction of sp³-hybridized carbons (Fsp3) is 0.353. The van der Waals surface area contributed by atoms with Crippen LogP contribution >= 0.6 is 0 Å². The number of halogens is 3. The highest BCUT2D eigenvalue weighted by Gasteiger charge is 2.38. The average molecular weight is 348 g/mol. The van der Waals surface area contributed by atoms with E-state index in [1.54, 1.807) is 35.2 Å². The second-order valence-corrected chi connectivity index (χ2v) is 5.93. The van der Waals surface area contributed by atoms with E-state index >= 15 is 0 Å². The van der Waals surface area contributed by atoms with Crippen molar-refractivity contribution in [3.05, 3.63) is 46.8 Å². The summed E-state index contributed by atoms with van der Waals surface area (Å²) >= 11 is 0. The molecule has 0 spiro atoms. The number of nitriles is 1. The van der Waals surface area contributed by atoms with E-state index in [0.29, 0.717) is 25.2 Å². The van der Waals surface area contributed by atoms with Crippen LogP contribution in [0.1, 0.15) is 35.4 Å². The molecule has 130 valence electrons. The van der Waals surface area contributed by atoms with E-state index in [2.05, 4.69) is 5.10 Å². The van der Waals surface area contributed by atoms with Crippen LogP contribution in [0.3, 0.4) is 0 Å². The second kappa shape index (κ2) is 6.24. The highest BCUT2D eigenvalue weighted by molar-refractivity contribution is 5.78. The van der Waals surface area contributed by atoms with Gasteiger partial charge in [0.1, 0.15) is 11.8 Å². The number of carbonyl (C=O) groups is 1. The fourth-order valence-corrected chi connectivity index (χ4v) is 2.92. The minimum Gasteiger partial charge on any atom is -0.338 e. The van der Waals surface area contributed by atoms with Crippen molar-refractivity contribution in [2.45, 2.75) is 32.5 Å². The van der Waals surface area contributed by atoms with Crippen LogP contribution in [-0.2, 0) is 17.5 Å². The summed E-state index contributed by atoms with van der Waals surface area (Å²) in [7, 11) is 0. The van der Waals surface area contributed by atoms with Gasteiger partial charge in [-0.2, -0.15) is 23.5 Å². The van der Waals surface area contributed by atoms with Gasteiger partial charge < -0.3 is 4.90 Å². The summed E-state index contributed by atoms with van der Waals surface area (Å²) < 4.78 is 40.0. The summed E-state index contributed by atoms with van der Waals surface area (Å²) in [5, 5.41) is 12.8. The second-order valence-electron chi connectivity index (χ2n) is 5.93. The fourth-order valence-electron chi connectivity index (χ4n) is 2.92. The lowest BCUT2D eigenvalue weighted by Gasteiger charge is -2.15. The molecule has 0 N–H and O–H groups in total. The zero-order valence-corrected chi connectivity index (χ0v) is 13.5. The molecule has 2 aromatic rings. The molecule has 8 heteroatoms. The van der Waals surface area contributed by atoms with Crippen molar-refractivity contribution >= 4 is 5.91 Å². The van der Waals surface area contributed by atoms with Gasteiger partial charge in [0.25, 0.3) is 0 Å². The Kier molecular flexibility index (Phi) is 4.25. The first kappa shape index (κ1) is 17.0. The number of hydrogen-bond acceptors (Lipinski definition) is 3. The van der Waals surface area contributed by atoms with Crippen molar-refractivity contribution < 1.29 is 18.0 Å². The summed E-state index contributed by atoms with van der Waals surface area (Å²) in [5.41, 5.74) is -0.156. The maximum atomic E-state index is 13.0. The molecule has 0 unspecified atom stereocenters. The van der Waals surface area contributed by atoms with Gasteiger partial charge in [-0.05, 0) is 31.0 Å². The number of likely N-dealkylation sites (tertiary alicyclic amines) is 1. The first-order valence-electron chi connectivity index (χ1n) is 7.75. The molecule has 0 aliphatic carbocycles. The number of amides is 1. The Labute approximate surface area is 142 Å². The van der Waals surface area contributed by atoms with Crippen molar-refractivity contribution in [3.63, 3.8) is 0 Å². The van der Waals surface area contributed by atoms with Crippen molar-refractivity contribution in [1.82, 2.24) is 14.7 Å². The van der Waals surface area contributed by atoms with Crippen molar-refractivity contribution in [1.29, 1.82) is 5.26 Å². The third-order valence-electron chi connectivity index (χ3n) is 4.22. The van der Waals surface area contributed by atoms with Crippen LogP contribution in [-0.4, -0.2) is 27.1 Å². The number of rotatable bonds is 3. The van der Waals surface area contributed by atoms with E-state index in [-0.39, 0.29) is 17.2 Å². The van der Waals surface area contributed by atoms with E-state index < -0.39 is 11.9 Å². The molecular formula is C17H15F3N4O. The summed E-state index contributed by atoms with van der Waals surface area (Å²) in [4.78, 5) is 13.4. The molecule has 1 saturated heterocycles. The van der Waals surface area contributed by atoms with E-state index in [4.69, 9.17) is 0 Å². The molecule has 0 radical (unpaired) electrons. The molecule has 0 atom stereocenters. The third-order valence-corrected chi connectivity index (χ3v) is 4.22. The van der Waals surface area contributed by atoms with Gasteiger partial charge in [-0.1, -0.05) is 12.1 Å². The van der Waals surface area contributed by atoms with Gasteiger partial charge in [-0.15, -0.1) is 0 Å². The maximum absolute atomic E-state index is 13.0. The number of benzene rings is 1. The van der Waals surface area contributed by atoms with Gasteiger partial charge in [0.2, 0.25) is 5.91 Å². The van der Waals surface area contributed by atoms with Crippen LogP contribution in [0.5, 0.6) is 0 Å². The zero-order valence-electron chi connectivity index (χ0n) is 13.5. The lowest BCUT2D eigenvalue weighted by Crippen LogP contribution is -2.23. The van der Waals surface area contributed by atoms with Crippen molar-refractivity contribution in [2.75, 3.05) is 6.54 Å². The lowest BCUT2D eigenvalue weighted by atomic mass is 10.2. The Morgan fingerprint density at radius 1 is 1.28 bits per heavy atom. The molecular weight excluding hydrogens is 333 g/mol. The van der Waals surface area contributed by atoms with Crippen molar-refractivity contribution in [2.24, 2.45) is 0 Å². The minimum absolute atomic E-state index is 0.105. The van der Waals surface area contributed by atoms with Crippen LogP contribution in [0, 0.1) is 18.3 Å². The van der Waals surface area contributed by atoms with Gasteiger partial charge in [-0.25, -0.2) is 4.68 Å². The van der Waals surface area contributed by atoms with Crippen LogP contribution in [0.25, 0.3) is 5.69 Å². The first-order chi connectivity index (χ1) is 11.8. The summed E-state index contributed by atoms with van der Waals surface area (Å²) in [6.07, 6.45) is -3.22. The molecule has 0 bridgehead atoms. The maximum Gasteiger partial charge on any atom is 0.435 e. The average Bonchev–Trinajstić information content (AvgIpc) is 3.11. The number of alkyl halides is 3. The first-order valence-corrected chi connectivity index (χ1v) is 7.75. The van der Waals surface area contributed by atoms with Gasteiger partial charge in [0, 0.05) is 25.1 Å². The highest BCUT2D eigenvalue weighted by Crippen LogP contribution is 2.33. The molecule has 1 aromatic heterocycles. The largest absolute Gasteiger partial charge is 0.435 e. The van der Waals surface area contributed by atoms with Gasteiger partial charge in [-0.3, -0.25) is 4.79 Å². The molecule has 1 fully saturated rings. The molecule has 1 aliphatic heterocycles. The summed E-state index contributed by atoms with van der Waals surface area (Å²) in [6.45, 7) is 2.42. The van der Waals surface area contributed by atoms with Crippen LogP contribution in [0.15, 0.2) is 24.3 Å². The van der Waals surface area contributed by atoms with Gasteiger partial charge in [0.05, 0.1) is 5.69 Å². The molecule has 2 heterocycles. The van der Waals surface area contributed by atoms with E-state index in [1.165, 1.54) is 6.92 Å². The Morgan fingerprint density at radius 3 is 2.48 bits per heavy atom. The third kappa shape index (κ3) is 3.22. The minimum atomic E-state index is -4.61. The highest BCUT2D eigenvalue weighted by atomic mass is 19.4. The lowest BCUT2D eigenvalue weighted by molar-refractivity contribution is -0.141. The molecule has 5 nitrogen and oxygen atoms in total. The Balaban J connectivity index is 1.90. The van der Waals surface area contributed by atoms with E-state index in [1.807, 2.05) is 0 Å². The standard InChI is InChI=1S/C17H15F3N4O/c1-11-14(9-21)24(22-16(11)17(18,19)20)13-6-4-12(5-7-13)10-23-8-2-3-15(23)25/h4-7H,2-3,8,10H2,1H3. The molecule has 1 aliphatic rings.